The molecule has 5 heteroatoms. The summed E-state index contributed by atoms with van der Waals surface area (Å²) in [6.45, 7) is 6.49. The molecule has 5 nitrogen and oxygen atoms in total. The molecule has 1 aliphatic heterocycles. The normalized spacial score (nSPS) is 21.5. The molecule has 0 radical (unpaired) electrons. The number of ether oxygens (including phenoxy) is 2. The summed E-state index contributed by atoms with van der Waals surface area (Å²) < 4.78 is 11.2. The summed E-state index contributed by atoms with van der Waals surface area (Å²) in [6.07, 6.45) is 3.79. The van der Waals surface area contributed by atoms with Gasteiger partial charge in [-0.15, -0.1) is 0 Å². The van der Waals surface area contributed by atoms with Crippen molar-refractivity contribution >= 4 is 5.97 Å². The van der Waals surface area contributed by atoms with Crippen LogP contribution in [0.5, 0.6) is 11.5 Å². The van der Waals surface area contributed by atoms with Crippen molar-refractivity contribution in [3.8, 4) is 11.5 Å². The third kappa shape index (κ3) is 4.63. The molecule has 134 valence electrons. The van der Waals surface area contributed by atoms with Crippen LogP contribution in [0.2, 0.25) is 0 Å². The van der Waals surface area contributed by atoms with Gasteiger partial charge in [-0.1, -0.05) is 19.4 Å². The van der Waals surface area contributed by atoms with Gasteiger partial charge >= 0.3 is 5.97 Å². The largest absolute Gasteiger partial charge is 0.493 e. The van der Waals surface area contributed by atoms with E-state index in [-0.39, 0.29) is 12.0 Å². The summed E-state index contributed by atoms with van der Waals surface area (Å²) >= 11 is 0. The van der Waals surface area contributed by atoms with Crippen LogP contribution in [0.1, 0.15) is 45.1 Å². The van der Waals surface area contributed by atoms with E-state index in [0.29, 0.717) is 6.61 Å². The Bertz CT molecular complexity index is 546. The van der Waals surface area contributed by atoms with Gasteiger partial charge in [0.2, 0.25) is 0 Å². The zero-order valence-electron chi connectivity index (χ0n) is 15.0. The number of carboxylic acids is 1. The molecule has 1 aromatic rings. The van der Waals surface area contributed by atoms with Crippen LogP contribution in [0.25, 0.3) is 0 Å². The van der Waals surface area contributed by atoms with E-state index >= 15 is 0 Å². The second kappa shape index (κ2) is 8.92. The van der Waals surface area contributed by atoms with Crippen LogP contribution in [-0.2, 0) is 11.3 Å². The van der Waals surface area contributed by atoms with E-state index in [0.717, 1.165) is 55.8 Å². The molecule has 1 N–H and O–H groups in total. The second-order valence-electron chi connectivity index (χ2n) is 6.49. The minimum Gasteiger partial charge on any atom is -0.493 e. The average molecular weight is 335 g/mol. The van der Waals surface area contributed by atoms with Gasteiger partial charge < -0.3 is 14.6 Å². The molecular weight excluding hydrogens is 306 g/mol. The van der Waals surface area contributed by atoms with Gasteiger partial charge in [0.05, 0.1) is 19.6 Å². The van der Waals surface area contributed by atoms with E-state index in [9.17, 15) is 9.90 Å². The van der Waals surface area contributed by atoms with Gasteiger partial charge in [0.15, 0.2) is 11.5 Å². The summed E-state index contributed by atoms with van der Waals surface area (Å²) in [7, 11) is 1.64. The number of rotatable bonds is 8. The van der Waals surface area contributed by atoms with Crippen molar-refractivity contribution in [2.45, 2.75) is 52.1 Å². The summed E-state index contributed by atoms with van der Waals surface area (Å²) in [5.41, 5.74) is 1.13. The van der Waals surface area contributed by atoms with Crippen molar-refractivity contribution in [1.29, 1.82) is 0 Å². The van der Waals surface area contributed by atoms with E-state index in [1.54, 1.807) is 7.11 Å². The van der Waals surface area contributed by atoms with Crippen LogP contribution < -0.4 is 9.47 Å². The van der Waals surface area contributed by atoms with Crippen LogP contribution in [0.3, 0.4) is 0 Å². The molecule has 0 spiro atoms. The van der Waals surface area contributed by atoms with E-state index in [1.807, 2.05) is 25.1 Å². The number of carboxylic acid groups (broad SMARTS) is 1. The Morgan fingerprint density at radius 1 is 1.38 bits per heavy atom. The summed E-state index contributed by atoms with van der Waals surface area (Å²) in [5, 5.41) is 9.36. The highest BCUT2D eigenvalue weighted by Crippen LogP contribution is 2.31. The van der Waals surface area contributed by atoms with Gasteiger partial charge in [-0.25, -0.2) is 0 Å². The first-order valence-corrected chi connectivity index (χ1v) is 8.83. The van der Waals surface area contributed by atoms with Gasteiger partial charge in [-0.05, 0) is 50.4 Å². The van der Waals surface area contributed by atoms with Gasteiger partial charge in [0.25, 0.3) is 0 Å². The summed E-state index contributed by atoms with van der Waals surface area (Å²) in [4.78, 5) is 13.6. The summed E-state index contributed by atoms with van der Waals surface area (Å²) in [6, 6.07) is 6.02. The van der Waals surface area contributed by atoms with E-state index in [4.69, 9.17) is 9.47 Å². The zero-order chi connectivity index (χ0) is 17.5. The van der Waals surface area contributed by atoms with Crippen molar-refractivity contribution in [2.75, 3.05) is 20.3 Å². The lowest BCUT2D eigenvalue weighted by Crippen LogP contribution is -2.45. The number of unbranched alkanes of at least 4 members (excludes halogenated alkanes) is 1. The lowest BCUT2D eigenvalue weighted by atomic mass is 9.90. The van der Waals surface area contributed by atoms with E-state index < -0.39 is 5.97 Å². The quantitative estimate of drug-likeness (QED) is 0.736. The van der Waals surface area contributed by atoms with Crippen molar-refractivity contribution in [2.24, 2.45) is 5.92 Å². The lowest BCUT2D eigenvalue weighted by molar-refractivity contribution is -0.145. The molecule has 0 saturated carbocycles. The monoisotopic (exact) mass is 335 g/mol. The van der Waals surface area contributed by atoms with Gasteiger partial charge in [0, 0.05) is 12.6 Å². The van der Waals surface area contributed by atoms with Crippen molar-refractivity contribution < 1.29 is 19.4 Å². The van der Waals surface area contributed by atoms with Crippen LogP contribution in [0, 0.1) is 5.92 Å². The lowest BCUT2D eigenvalue weighted by Gasteiger charge is -2.37. The van der Waals surface area contributed by atoms with E-state index in [2.05, 4.69) is 11.8 Å². The topological polar surface area (TPSA) is 59.0 Å². The number of piperidine rings is 1. The molecule has 1 fully saturated rings. The average Bonchev–Trinajstić information content (AvgIpc) is 2.57. The number of likely N-dealkylation sites (tertiary alicyclic amines) is 1. The zero-order valence-corrected chi connectivity index (χ0v) is 15.0. The standard InChI is InChI=1S/C19H29NO4/c1-4-5-11-24-18-12-15(8-9-17(18)23-3)13-20-10-6-7-16(14(20)2)19(21)22/h8-9,12,14,16H,4-7,10-11,13H2,1-3H3,(H,21,22)/t14-,16-/m0/s1. The maximum Gasteiger partial charge on any atom is 0.308 e. The molecular formula is C19H29NO4. The number of aliphatic carboxylic acids is 1. The van der Waals surface area contributed by atoms with E-state index in [1.165, 1.54) is 0 Å². The third-order valence-electron chi connectivity index (χ3n) is 4.81. The highest BCUT2D eigenvalue weighted by molar-refractivity contribution is 5.71. The van der Waals surface area contributed by atoms with Gasteiger partial charge in [0.1, 0.15) is 0 Å². The van der Waals surface area contributed by atoms with Gasteiger partial charge in [-0.2, -0.15) is 0 Å². The Labute approximate surface area is 144 Å². The Hall–Kier alpha value is -1.75. The Balaban J connectivity index is 2.08. The molecule has 24 heavy (non-hydrogen) atoms. The molecule has 0 bridgehead atoms. The molecule has 0 unspecified atom stereocenters. The van der Waals surface area contributed by atoms with Crippen LogP contribution in [0.15, 0.2) is 18.2 Å². The molecule has 1 heterocycles. The van der Waals surface area contributed by atoms with Crippen molar-refractivity contribution in [1.82, 2.24) is 4.90 Å². The highest BCUT2D eigenvalue weighted by Gasteiger charge is 2.32. The Morgan fingerprint density at radius 2 is 2.17 bits per heavy atom. The Kier molecular flexibility index (Phi) is 6.91. The van der Waals surface area contributed by atoms with Crippen molar-refractivity contribution in [3.63, 3.8) is 0 Å². The molecule has 0 amide bonds. The second-order valence-corrected chi connectivity index (χ2v) is 6.49. The van der Waals surface area contributed by atoms with Gasteiger partial charge in [-0.3, -0.25) is 9.69 Å². The maximum atomic E-state index is 11.4. The predicted molar refractivity (Wildman–Crippen MR) is 93.6 cm³/mol. The first kappa shape index (κ1) is 18.6. The smallest absolute Gasteiger partial charge is 0.308 e. The molecule has 1 aromatic carbocycles. The minimum absolute atomic E-state index is 0.0443. The van der Waals surface area contributed by atoms with Crippen molar-refractivity contribution in [3.05, 3.63) is 23.8 Å². The molecule has 1 saturated heterocycles. The number of hydrogen-bond donors (Lipinski definition) is 1. The third-order valence-corrected chi connectivity index (χ3v) is 4.81. The fraction of sp³-hybridized carbons (Fsp3) is 0.632. The molecule has 1 aliphatic rings. The number of nitrogens with zero attached hydrogens (tertiary/aromatic N) is 1. The molecule has 0 aromatic heterocycles. The fourth-order valence-corrected chi connectivity index (χ4v) is 3.26. The molecule has 2 rings (SSSR count). The van der Waals surface area contributed by atoms with Crippen LogP contribution in [-0.4, -0.2) is 42.3 Å². The number of benzene rings is 1. The number of carbonyl (C=O) groups is 1. The van der Waals surface area contributed by atoms with Crippen LogP contribution in [0.4, 0.5) is 0 Å². The first-order valence-electron chi connectivity index (χ1n) is 8.83. The number of hydrogen-bond acceptors (Lipinski definition) is 4. The molecule has 2 atom stereocenters. The predicted octanol–water partition coefficient (Wildman–Crippen LogP) is 3.56. The minimum atomic E-state index is -0.689. The first-order chi connectivity index (χ1) is 11.6. The summed E-state index contributed by atoms with van der Waals surface area (Å²) in [5.74, 6) is 0.538. The maximum absolute atomic E-state index is 11.4. The van der Waals surface area contributed by atoms with Crippen LogP contribution >= 0.6 is 0 Å². The highest BCUT2D eigenvalue weighted by atomic mass is 16.5. The molecule has 0 aliphatic carbocycles. The fourth-order valence-electron chi connectivity index (χ4n) is 3.26. The SMILES string of the molecule is CCCCOc1cc(CN2CCC[C@H](C(=O)O)[C@@H]2C)ccc1OC. The Morgan fingerprint density at radius 3 is 2.83 bits per heavy atom. The number of methoxy groups -OCH3 is 1.